The second-order valence-electron chi connectivity index (χ2n) is 6.71. The van der Waals surface area contributed by atoms with E-state index in [1.54, 1.807) is 4.90 Å². The van der Waals surface area contributed by atoms with Crippen LogP contribution in [-0.4, -0.2) is 28.6 Å². The lowest BCUT2D eigenvalue weighted by atomic mass is 10.1. The topological polar surface area (TPSA) is 78.1 Å². The molecule has 2 aromatic rings. The number of H-pyrrole nitrogens is 1. The molecule has 6 nitrogen and oxygen atoms in total. The van der Waals surface area contributed by atoms with E-state index >= 15 is 0 Å². The van der Waals surface area contributed by atoms with E-state index in [1.165, 1.54) is 12.8 Å². The van der Waals surface area contributed by atoms with Gasteiger partial charge in [0.25, 0.3) is 0 Å². The molecule has 1 saturated heterocycles. The van der Waals surface area contributed by atoms with Crippen molar-refractivity contribution in [2.24, 2.45) is 5.92 Å². The van der Waals surface area contributed by atoms with Crippen molar-refractivity contribution in [1.82, 2.24) is 10.2 Å². The number of benzene rings is 1. The molecule has 2 amide bonds. The maximum Gasteiger partial charge on any atom is 0.231 e. The summed E-state index contributed by atoms with van der Waals surface area (Å²) in [5.74, 6) is 0.600. The molecule has 2 heterocycles. The van der Waals surface area contributed by atoms with Gasteiger partial charge in [0.1, 0.15) is 0 Å². The number of nitrogens with one attached hydrogen (secondary N) is 2. The summed E-state index contributed by atoms with van der Waals surface area (Å²) >= 11 is 0. The monoisotopic (exact) mass is 324 g/mol. The quantitative estimate of drug-likeness (QED) is 0.907. The summed E-state index contributed by atoms with van der Waals surface area (Å²) in [7, 11) is 0. The van der Waals surface area contributed by atoms with Crippen molar-refractivity contribution in [3.8, 4) is 0 Å². The Morgan fingerprint density at radius 2 is 2.04 bits per heavy atom. The molecule has 1 aromatic heterocycles. The lowest BCUT2D eigenvalue weighted by molar-refractivity contribution is -0.122. The minimum atomic E-state index is -0.347. The summed E-state index contributed by atoms with van der Waals surface area (Å²) < 4.78 is 0. The average molecular weight is 324 g/mol. The summed E-state index contributed by atoms with van der Waals surface area (Å²) in [6.45, 7) is 2.42. The fourth-order valence-electron chi connectivity index (χ4n) is 3.09. The Kier molecular flexibility index (Phi) is 3.59. The molecular weight excluding hydrogens is 304 g/mol. The smallest absolute Gasteiger partial charge is 0.231 e. The zero-order valence-corrected chi connectivity index (χ0v) is 13.6. The van der Waals surface area contributed by atoms with Crippen LogP contribution in [0.5, 0.6) is 0 Å². The number of carbonyl (C=O) groups is 2. The van der Waals surface area contributed by atoms with E-state index in [2.05, 4.69) is 15.5 Å². The first-order valence-corrected chi connectivity index (χ1v) is 8.33. The molecule has 1 aromatic carbocycles. The zero-order valence-electron chi connectivity index (χ0n) is 13.6. The summed E-state index contributed by atoms with van der Waals surface area (Å²) in [4.78, 5) is 26.4. The van der Waals surface area contributed by atoms with Crippen molar-refractivity contribution >= 4 is 23.3 Å². The summed E-state index contributed by atoms with van der Waals surface area (Å²) in [5, 5.41) is 9.94. The molecule has 1 aliphatic carbocycles. The molecule has 0 spiro atoms. The van der Waals surface area contributed by atoms with Crippen molar-refractivity contribution in [1.29, 1.82) is 0 Å². The number of aromatic amines is 1. The maximum absolute atomic E-state index is 12.4. The molecule has 0 bridgehead atoms. The Bertz CT molecular complexity index is 777. The van der Waals surface area contributed by atoms with Gasteiger partial charge in [-0.25, -0.2) is 0 Å². The normalized spacial score (nSPS) is 20.5. The predicted octanol–water partition coefficient (Wildman–Crippen LogP) is 2.59. The van der Waals surface area contributed by atoms with E-state index in [-0.39, 0.29) is 24.2 Å². The first-order chi connectivity index (χ1) is 11.6. The minimum Gasteiger partial charge on any atom is -0.312 e. The molecule has 0 radical (unpaired) electrons. The molecule has 24 heavy (non-hydrogen) atoms. The van der Waals surface area contributed by atoms with Gasteiger partial charge in [-0.15, -0.1) is 0 Å². The number of aromatic nitrogens is 2. The molecule has 2 N–H and O–H groups in total. The molecule has 4 rings (SSSR count). The Labute approximate surface area is 140 Å². The lowest BCUT2D eigenvalue weighted by Crippen LogP contribution is -2.28. The largest absolute Gasteiger partial charge is 0.312 e. The molecule has 1 aliphatic heterocycles. The molecule has 1 atom stereocenters. The van der Waals surface area contributed by atoms with Crippen molar-refractivity contribution in [3.05, 3.63) is 41.6 Å². The van der Waals surface area contributed by atoms with E-state index in [4.69, 9.17) is 0 Å². The number of hydrogen-bond acceptors (Lipinski definition) is 3. The third kappa shape index (κ3) is 2.91. The van der Waals surface area contributed by atoms with Crippen molar-refractivity contribution < 1.29 is 9.59 Å². The number of amides is 2. The van der Waals surface area contributed by atoms with E-state index in [1.807, 2.05) is 37.3 Å². The minimum absolute atomic E-state index is 0.0142. The highest BCUT2D eigenvalue weighted by Crippen LogP contribution is 2.39. The Hall–Kier alpha value is -2.63. The lowest BCUT2D eigenvalue weighted by Gasteiger charge is -2.16. The van der Waals surface area contributed by atoms with Crippen LogP contribution in [0, 0.1) is 12.8 Å². The zero-order chi connectivity index (χ0) is 16.7. The highest BCUT2D eigenvalue weighted by Gasteiger charge is 2.35. The second kappa shape index (κ2) is 5.78. The van der Waals surface area contributed by atoms with Gasteiger partial charge in [0.2, 0.25) is 11.8 Å². The number of anilines is 2. The highest BCUT2D eigenvalue weighted by atomic mass is 16.2. The Morgan fingerprint density at radius 3 is 2.75 bits per heavy atom. The van der Waals surface area contributed by atoms with Gasteiger partial charge in [0.15, 0.2) is 5.82 Å². The van der Waals surface area contributed by atoms with Gasteiger partial charge in [0, 0.05) is 36.3 Å². The maximum atomic E-state index is 12.4. The van der Waals surface area contributed by atoms with Gasteiger partial charge in [-0.05, 0) is 31.9 Å². The van der Waals surface area contributed by atoms with Crippen LogP contribution < -0.4 is 10.2 Å². The van der Waals surface area contributed by atoms with Crippen molar-refractivity contribution in [2.75, 3.05) is 16.8 Å². The summed E-state index contributed by atoms with van der Waals surface area (Å²) in [6, 6.07) is 9.68. The van der Waals surface area contributed by atoms with E-state index in [0.29, 0.717) is 18.3 Å². The number of hydrogen-bond donors (Lipinski definition) is 2. The van der Waals surface area contributed by atoms with Crippen LogP contribution in [0.3, 0.4) is 0 Å². The van der Waals surface area contributed by atoms with Crippen molar-refractivity contribution in [3.63, 3.8) is 0 Å². The van der Waals surface area contributed by atoms with Crippen LogP contribution in [0.1, 0.15) is 36.4 Å². The van der Waals surface area contributed by atoms with Crippen LogP contribution in [0.15, 0.2) is 30.3 Å². The molecule has 2 fully saturated rings. The van der Waals surface area contributed by atoms with Gasteiger partial charge in [-0.1, -0.05) is 17.7 Å². The van der Waals surface area contributed by atoms with E-state index in [0.717, 1.165) is 16.9 Å². The van der Waals surface area contributed by atoms with E-state index in [9.17, 15) is 9.59 Å². The molecular formula is C18H20N4O2. The second-order valence-corrected chi connectivity index (χ2v) is 6.71. The van der Waals surface area contributed by atoms with Gasteiger partial charge < -0.3 is 10.2 Å². The van der Waals surface area contributed by atoms with Gasteiger partial charge in [-0.3, -0.25) is 14.7 Å². The van der Waals surface area contributed by atoms with Crippen LogP contribution in [0.4, 0.5) is 11.5 Å². The van der Waals surface area contributed by atoms with Crippen LogP contribution in [0.2, 0.25) is 0 Å². The highest BCUT2D eigenvalue weighted by molar-refractivity contribution is 6.03. The van der Waals surface area contributed by atoms with Gasteiger partial charge >= 0.3 is 0 Å². The third-order valence-electron chi connectivity index (χ3n) is 4.71. The average Bonchev–Trinajstić information content (AvgIpc) is 3.19. The standard InChI is InChI=1S/C18H20N4O2/c1-11-2-6-14(7-3-11)22-10-13(8-17(22)23)18(24)19-16-9-15(20-21-16)12-4-5-12/h2-3,6-7,9,12-13H,4-5,8,10H2,1H3,(H2,19,20,21,24). The fourth-order valence-corrected chi connectivity index (χ4v) is 3.09. The first kappa shape index (κ1) is 14.9. The number of aryl methyl sites for hydroxylation is 1. The Balaban J connectivity index is 1.41. The summed E-state index contributed by atoms with van der Waals surface area (Å²) in [5.41, 5.74) is 3.07. The van der Waals surface area contributed by atoms with Crippen LogP contribution in [-0.2, 0) is 9.59 Å². The number of carbonyl (C=O) groups excluding carboxylic acids is 2. The van der Waals surface area contributed by atoms with Crippen molar-refractivity contribution in [2.45, 2.75) is 32.1 Å². The third-order valence-corrected chi connectivity index (χ3v) is 4.71. The molecule has 1 saturated carbocycles. The summed E-state index contributed by atoms with van der Waals surface area (Å²) in [6.07, 6.45) is 2.59. The fraction of sp³-hybridized carbons (Fsp3) is 0.389. The molecule has 6 heteroatoms. The molecule has 1 unspecified atom stereocenters. The predicted molar refractivity (Wildman–Crippen MR) is 90.8 cm³/mol. The van der Waals surface area contributed by atoms with Crippen LogP contribution in [0.25, 0.3) is 0 Å². The first-order valence-electron chi connectivity index (χ1n) is 8.33. The molecule has 124 valence electrons. The SMILES string of the molecule is Cc1ccc(N2CC(C(=O)Nc3cc(C4CC4)[nH]n3)CC2=O)cc1. The van der Waals surface area contributed by atoms with Gasteiger partial charge in [-0.2, -0.15) is 5.10 Å². The van der Waals surface area contributed by atoms with Crippen LogP contribution >= 0.6 is 0 Å². The van der Waals surface area contributed by atoms with E-state index < -0.39 is 0 Å². The van der Waals surface area contributed by atoms with Gasteiger partial charge in [0.05, 0.1) is 5.92 Å². The number of rotatable bonds is 4. The Morgan fingerprint density at radius 1 is 1.29 bits per heavy atom. The number of nitrogens with zero attached hydrogens (tertiary/aromatic N) is 2. The molecule has 2 aliphatic rings.